The predicted molar refractivity (Wildman–Crippen MR) is 53.9 cm³/mol. The number of nitrogens with zero attached hydrogens (tertiary/aromatic N) is 1. The van der Waals surface area contributed by atoms with Crippen molar-refractivity contribution in [3.05, 3.63) is 42.1 Å². The highest BCUT2D eigenvalue weighted by Crippen LogP contribution is 2.17. The first-order valence-corrected chi connectivity index (χ1v) is 5.34. The Balaban J connectivity index is 3.13. The average Bonchev–Trinajstić information content (AvgIpc) is 2.16. The lowest BCUT2D eigenvalue weighted by Crippen LogP contribution is -2.23. The van der Waals surface area contributed by atoms with Gasteiger partial charge in [0.25, 0.3) is 10.0 Å². The van der Waals surface area contributed by atoms with E-state index in [4.69, 9.17) is 0 Å². The van der Waals surface area contributed by atoms with Gasteiger partial charge in [-0.1, -0.05) is 12.6 Å². The van der Waals surface area contributed by atoms with Gasteiger partial charge in [0, 0.05) is 12.5 Å². The summed E-state index contributed by atoms with van der Waals surface area (Å²) < 4.78 is 36.3. The second kappa shape index (κ2) is 3.79. The Labute approximate surface area is 82.5 Å². The SMILES string of the molecule is C=CS(=O)(=O)N(C)c1cccc(F)c1. The van der Waals surface area contributed by atoms with E-state index in [0.717, 1.165) is 15.8 Å². The summed E-state index contributed by atoms with van der Waals surface area (Å²) >= 11 is 0. The average molecular weight is 215 g/mol. The molecule has 0 saturated carbocycles. The number of anilines is 1. The predicted octanol–water partition coefficient (Wildman–Crippen LogP) is 1.74. The molecule has 0 N–H and O–H groups in total. The molecule has 0 radical (unpaired) electrons. The zero-order chi connectivity index (χ0) is 10.8. The fourth-order valence-corrected chi connectivity index (χ4v) is 1.56. The van der Waals surface area contributed by atoms with Crippen LogP contribution in [0.25, 0.3) is 0 Å². The van der Waals surface area contributed by atoms with Crippen molar-refractivity contribution in [3.8, 4) is 0 Å². The number of hydrogen-bond acceptors (Lipinski definition) is 2. The van der Waals surface area contributed by atoms with E-state index in [0.29, 0.717) is 0 Å². The topological polar surface area (TPSA) is 37.4 Å². The molecule has 3 nitrogen and oxygen atoms in total. The van der Waals surface area contributed by atoms with Crippen LogP contribution in [-0.2, 0) is 10.0 Å². The maximum Gasteiger partial charge on any atom is 0.256 e. The second-order valence-electron chi connectivity index (χ2n) is 2.66. The van der Waals surface area contributed by atoms with Gasteiger partial charge in [-0.05, 0) is 18.2 Å². The normalized spacial score (nSPS) is 11.0. The molecule has 0 heterocycles. The number of sulfonamides is 1. The standard InChI is InChI=1S/C9H10FNO2S/c1-3-14(12,13)11(2)9-6-4-5-8(10)7-9/h3-7H,1H2,2H3. The van der Waals surface area contributed by atoms with E-state index in [1.54, 1.807) is 0 Å². The molecule has 76 valence electrons. The van der Waals surface area contributed by atoms with Gasteiger partial charge in [0.2, 0.25) is 0 Å². The van der Waals surface area contributed by atoms with Gasteiger partial charge in [-0.25, -0.2) is 12.8 Å². The third kappa shape index (κ3) is 2.11. The van der Waals surface area contributed by atoms with Gasteiger partial charge < -0.3 is 0 Å². The maximum atomic E-state index is 12.8. The van der Waals surface area contributed by atoms with Crippen molar-refractivity contribution in [2.75, 3.05) is 11.4 Å². The zero-order valence-corrected chi connectivity index (χ0v) is 8.46. The molecule has 0 aliphatic carbocycles. The molecule has 0 unspecified atom stereocenters. The van der Waals surface area contributed by atoms with Crippen molar-refractivity contribution in [1.29, 1.82) is 0 Å². The maximum absolute atomic E-state index is 12.8. The van der Waals surface area contributed by atoms with Gasteiger partial charge in [0.15, 0.2) is 0 Å². The van der Waals surface area contributed by atoms with Crippen molar-refractivity contribution in [2.24, 2.45) is 0 Å². The highest BCUT2D eigenvalue weighted by molar-refractivity contribution is 7.95. The van der Waals surface area contributed by atoms with Crippen LogP contribution in [0.3, 0.4) is 0 Å². The molecule has 5 heteroatoms. The van der Waals surface area contributed by atoms with Crippen LogP contribution in [0.4, 0.5) is 10.1 Å². The van der Waals surface area contributed by atoms with Crippen molar-refractivity contribution < 1.29 is 12.8 Å². The third-order valence-corrected chi connectivity index (χ3v) is 3.16. The minimum absolute atomic E-state index is 0.268. The summed E-state index contributed by atoms with van der Waals surface area (Å²) in [5.74, 6) is -0.478. The Hall–Kier alpha value is -1.36. The lowest BCUT2D eigenvalue weighted by atomic mass is 10.3. The Morgan fingerprint density at radius 3 is 2.64 bits per heavy atom. The summed E-state index contributed by atoms with van der Waals surface area (Å²) in [5.41, 5.74) is 0.268. The van der Waals surface area contributed by atoms with Crippen LogP contribution in [-0.4, -0.2) is 15.5 Å². The molecule has 1 aromatic carbocycles. The Morgan fingerprint density at radius 1 is 1.50 bits per heavy atom. The smallest absolute Gasteiger partial charge is 0.256 e. The van der Waals surface area contributed by atoms with Gasteiger partial charge in [0.05, 0.1) is 5.69 Å². The summed E-state index contributed by atoms with van der Waals surface area (Å²) in [7, 11) is -2.20. The number of rotatable bonds is 3. The van der Waals surface area contributed by atoms with Crippen LogP contribution in [0.5, 0.6) is 0 Å². The lowest BCUT2D eigenvalue weighted by molar-refractivity contribution is 0.602. The first-order chi connectivity index (χ1) is 6.47. The van der Waals surface area contributed by atoms with E-state index in [-0.39, 0.29) is 5.69 Å². The van der Waals surface area contributed by atoms with E-state index >= 15 is 0 Å². The first kappa shape index (κ1) is 10.7. The van der Waals surface area contributed by atoms with Crippen LogP contribution >= 0.6 is 0 Å². The molecule has 0 aromatic heterocycles. The fraction of sp³-hybridized carbons (Fsp3) is 0.111. The number of hydrogen-bond donors (Lipinski definition) is 0. The van der Waals surface area contributed by atoms with E-state index in [1.165, 1.54) is 25.2 Å². The van der Waals surface area contributed by atoms with Gasteiger partial charge in [-0.2, -0.15) is 0 Å². The monoisotopic (exact) mass is 215 g/mol. The molecule has 1 aromatic rings. The quantitative estimate of drug-likeness (QED) is 0.770. The lowest BCUT2D eigenvalue weighted by Gasteiger charge is -2.16. The highest BCUT2D eigenvalue weighted by Gasteiger charge is 2.13. The molecule has 14 heavy (non-hydrogen) atoms. The Bertz CT molecular complexity index is 442. The van der Waals surface area contributed by atoms with Crippen LogP contribution in [0.1, 0.15) is 0 Å². The molecule has 0 atom stereocenters. The van der Waals surface area contributed by atoms with Crippen LogP contribution < -0.4 is 4.31 Å². The minimum atomic E-state index is -3.54. The Kier molecular flexibility index (Phi) is 2.90. The fourth-order valence-electron chi connectivity index (χ4n) is 0.931. The summed E-state index contributed by atoms with van der Waals surface area (Å²) in [6, 6.07) is 5.34. The summed E-state index contributed by atoms with van der Waals surface area (Å²) in [6.45, 7) is 3.18. The van der Waals surface area contributed by atoms with Gasteiger partial charge >= 0.3 is 0 Å². The van der Waals surface area contributed by atoms with Crippen molar-refractivity contribution in [1.82, 2.24) is 0 Å². The second-order valence-corrected chi connectivity index (χ2v) is 4.57. The zero-order valence-electron chi connectivity index (χ0n) is 7.64. The van der Waals surface area contributed by atoms with Gasteiger partial charge in [-0.15, -0.1) is 0 Å². The van der Waals surface area contributed by atoms with E-state index in [9.17, 15) is 12.8 Å². The molecule has 0 bridgehead atoms. The molecule has 0 aliphatic rings. The number of benzene rings is 1. The summed E-state index contributed by atoms with van der Waals surface area (Å²) in [6.07, 6.45) is 0. The molecule has 1 rings (SSSR count). The summed E-state index contributed by atoms with van der Waals surface area (Å²) in [5, 5.41) is 0.817. The van der Waals surface area contributed by atoms with Crippen LogP contribution in [0, 0.1) is 5.82 Å². The van der Waals surface area contributed by atoms with E-state index in [2.05, 4.69) is 6.58 Å². The van der Waals surface area contributed by atoms with Crippen LogP contribution in [0.15, 0.2) is 36.3 Å². The molecule has 0 saturated heterocycles. The summed E-state index contributed by atoms with van der Waals surface area (Å²) in [4.78, 5) is 0. The van der Waals surface area contributed by atoms with Gasteiger partial charge in [-0.3, -0.25) is 4.31 Å². The Morgan fingerprint density at radius 2 is 2.14 bits per heavy atom. The largest absolute Gasteiger partial charge is 0.270 e. The van der Waals surface area contributed by atoms with Crippen molar-refractivity contribution in [3.63, 3.8) is 0 Å². The van der Waals surface area contributed by atoms with E-state index < -0.39 is 15.8 Å². The molecule has 0 spiro atoms. The van der Waals surface area contributed by atoms with Crippen LogP contribution in [0.2, 0.25) is 0 Å². The first-order valence-electron chi connectivity index (χ1n) is 3.84. The minimum Gasteiger partial charge on any atom is -0.270 e. The van der Waals surface area contributed by atoms with Crippen molar-refractivity contribution in [2.45, 2.75) is 0 Å². The molecular weight excluding hydrogens is 205 g/mol. The van der Waals surface area contributed by atoms with E-state index in [1.807, 2.05) is 0 Å². The third-order valence-electron chi connectivity index (χ3n) is 1.76. The molecule has 0 fully saturated rings. The highest BCUT2D eigenvalue weighted by atomic mass is 32.2. The van der Waals surface area contributed by atoms with Gasteiger partial charge in [0.1, 0.15) is 5.82 Å². The molecule has 0 amide bonds. The van der Waals surface area contributed by atoms with Crippen molar-refractivity contribution >= 4 is 15.7 Å². The molecular formula is C9H10FNO2S. The number of halogens is 1. The molecule has 0 aliphatic heterocycles.